The van der Waals surface area contributed by atoms with Gasteiger partial charge in [-0.05, 0) is 13.8 Å². The van der Waals surface area contributed by atoms with E-state index < -0.39 is 23.4 Å². The van der Waals surface area contributed by atoms with Crippen LogP contribution in [0.1, 0.15) is 34.8 Å². The Labute approximate surface area is 102 Å². The number of amides is 1. The molecule has 0 bridgehead atoms. The van der Waals surface area contributed by atoms with Crippen molar-refractivity contribution in [3.8, 4) is 0 Å². The lowest BCUT2D eigenvalue weighted by molar-refractivity contribution is -0.146. The molecule has 1 aromatic rings. The minimum Gasteiger partial charge on any atom is -0.477 e. The highest BCUT2D eigenvalue weighted by Gasteiger charge is 2.32. The first-order valence-corrected chi connectivity index (χ1v) is 4.97. The zero-order valence-electron chi connectivity index (χ0n) is 10.1. The molecular weight excluding hydrogens is 242 g/mol. The molecule has 98 valence electrons. The number of H-pyrrole nitrogens is 1. The Balaban J connectivity index is 2.92. The number of aromatic amines is 1. The highest BCUT2D eigenvalue weighted by atomic mass is 16.5. The molecule has 0 atom stereocenters. The van der Waals surface area contributed by atoms with Crippen molar-refractivity contribution in [1.82, 2.24) is 15.3 Å². The van der Waals surface area contributed by atoms with Gasteiger partial charge in [-0.2, -0.15) is 0 Å². The normalized spacial score (nSPS) is 10.8. The molecule has 0 saturated carbocycles. The first kappa shape index (κ1) is 13.7. The number of rotatable bonds is 4. The van der Waals surface area contributed by atoms with E-state index in [9.17, 15) is 14.4 Å². The number of carboxylic acids is 1. The van der Waals surface area contributed by atoms with Gasteiger partial charge >= 0.3 is 11.9 Å². The average Bonchev–Trinajstić information content (AvgIpc) is 2.76. The molecule has 0 aliphatic carbocycles. The SMILES string of the molecule is COC(=O)C(C)(C)NC(=O)c1nc[nH]c1C(=O)O. The van der Waals surface area contributed by atoms with Gasteiger partial charge < -0.3 is 20.1 Å². The molecule has 8 heteroatoms. The number of ether oxygens (including phenoxy) is 1. The Kier molecular flexibility index (Phi) is 3.70. The molecule has 3 N–H and O–H groups in total. The van der Waals surface area contributed by atoms with E-state index in [0.29, 0.717) is 0 Å². The summed E-state index contributed by atoms with van der Waals surface area (Å²) >= 11 is 0. The predicted octanol–water partition coefficient (Wildman–Crippen LogP) is -0.211. The summed E-state index contributed by atoms with van der Waals surface area (Å²) in [5.74, 6) is -2.74. The molecule has 0 spiro atoms. The fraction of sp³-hybridized carbons (Fsp3) is 0.400. The molecule has 8 nitrogen and oxygen atoms in total. The van der Waals surface area contributed by atoms with Gasteiger partial charge in [-0.3, -0.25) is 4.79 Å². The third-order valence-corrected chi connectivity index (χ3v) is 2.19. The van der Waals surface area contributed by atoms with Gasteiger partial charge in [0.2, 0.25) is 0 Å². The summed E-state index contributed by atoms with van der Waals surface area (Å²) in [6.07, 6.45) is 1.09. The number of carbonyl (C=O) groups excluding carboxylic acids is 2. The van der Waals surface area contributed by atoms with E-state index in [-0.39, 0.29) is 11.4 Å². The molecule has 1 heterocycles. The van der Waals surface area contributed by atoms with Crippen LogP contribution >= 0.6 is 0 Å². The number of carboxylic acid groups (broad SMARTS) is 1. The number of nitrogens with one attached hydrogen (secondary N) is 2. The van der Waals surface area contributed by atoms with Crippen LogP contribution in [0, 0.1) is 0 Å². The highest BCUT2D eigenvalue weighted by Crippen LogP contribution is 2.08. The molecule has 1 amide bonds. The monoisotopic (exact) mass is 255 g/mol. The molecule has 18 heavy (non-hydrogen) atoms. The molecule has 1 aromatic heterocycles. The van der Waals surface area contributed by atoms with Gasteiger partial charge in [-0.1, -0.05) is 0 Å². The molecule has 0 unspecified atom stereocenters. The minimum absolute atomic E-state index is 0.292. The summed E-state index contributed by atoms with van der Waals surface area (Å²) in [4.78, 5) is 39.9. The Morgan fingerprint density at radius 3 is 2.56 bits per heavy atom. The van der Waals surface area contributed by atoms with Crippen molar-refractivity contribution in [3.05, 3.63) is 17.7 Å². The molecular formula is C10H13N3O5. The zero-order chi connectivity index (χ0) is 13.9. The summed E-state index contributed by atoms with van der Waals surface area (Å²) in [6, 6.07) is 0. The van der Waals surface area contributed by atoms with E-state index >= 15 is 0 Å². The fourth-order valence-electron chi connectivity index (χ4n) is 1.28. The Morgan fingerprint density at radius 2 is 2.06 bits per heavy atom. The number of imidazole rings is 1. The summed E-state index contributed by atoms with van der Waals surface area (Å²) in [7, 11) is 1.19. The number of esters is 1. The quantitative estimate of drug-likeness (QED) is 0.640. The van der Waals surface area contributed by atoms with Gasteiger partial charge in [-0.15, -0.1) is 0 Å². The van der Waals surface area contributed by atoms with Crippen molar-refractivity contribution in [1.29, 1.82) is 0 Å². The maximum atomic E-state index is 11.8. The van der Waals surface area contributed by atoms with Crippen molar-refractivity contribution in [2.45, 2.75) is 19.4 Å². The van der Waals surface area contributed by atoms with Gasteiger partial charge in [0, 0.05) is 0 Å². The Morgan fingerprint density at radius 1 is 1.44 bits per heavy atom. The lowest BCUT2D eigenvalue weighted by Crippen LogP contribution is -2.50. The van der Waals surface area contributed by atoms with Crippen LogP contribution in [0.5, 0.6) is 0 Å². The van der Waals surface area contributed by atoms with Gasteiger partial charge in [0.25, 0.3) is 5.91 Å². The first-order chi connectivity index (χ1) is 8.29. The fourth-order valence-corrected chi connectivity index (χ4v) is 1.28. The molecule has 0 fully saturated rings. The number of aromatic nitrogens is 2. The Bertz CT molecular complexity index is 491. The van der Waals surface area contributed by atoms with Crippen LogP contribution in [0.25, 0.3) is 0 Å². The molecule has 0 aromatic carbocycles. The number of hydrogen-bond acceptors (Lipinski definition) is 5. The second-order valence-electron chi connectivity index (χ2n) is 4.00. The van der Waals surface area contributed by atoms with E-state index in [1.54, 1.807) is 0 Å². The van der Waals surface area contributed by atoms with E-state index in [1.807, 2.05) is 0 Å². The summed E-state index contributed by atoms with van der Waals surface area (Å²) in [5, 5.41) is 11.2. The van der Waals surface area contributed by atoms with Crippen molar-refractivity contribution in [2.75, 3.05) is 7.11 Å². The molecule has 0 aliphatic heterocycles. The smallest absolute Gasteiger partial charge is 0.354 e. The van der Waals surface area contributed by atoms with Crippen LogP contribution in [0.2, 0.25) is 0 Å². The summed E-state index contributed by atoms with van der Waals surface area (Å²) < 4.78 is 4.51. The number of methoxy groups -OCH3 is 1. The second kappa shape index (κ2) is 4.86. The predicted molar refractivity (Wildman–Crippen MR) is 59.1 cm³/mol. The maximum absolute atomic E-state index is 11.8. The van der Waals surface area contributed by atoms with Gasteiger partial charge in [-0.25, -0.2) is 14.6 Å². The molecule has 0 aliphatic rings. The van der Waals surface area contributed by atoms with Crippen molar-refractivity contribution in [2.24, 2.45) is 0 Å². The number of aromatic carboxylic acids is 1. The van der Waals surface area contributed by atoms with Gasteiger partial charge in [0.05, 0.1) is 13.4 Å². The highest BCUT2D eigenvalue weighted by molar-refractivity contribution is 6.03. The standard InChI is InChI=1S/C10H13N3O5/c1-10(2,9(17)18-3)13-7(14)5-6(8(15)16)12-4-11-5/h4H,1-3H3,(H,11,12)(H,13,14)(H,15,16). The number of carbonyl (C=O) groups is 3. The van der Waals surface area contributed by atoms with E-state index in [0.717, 1.165) is 6.33 Å². The van der Waals surface area contributed by atoms with Crippen LogP contribution in [-0.4, -0.2) is 45.6 Å². The van der Waals surface area contributed by atoms with Crippen LogP contribution in [0.15, 0.2) is 6.33 Å². The lowest BCUT2D eigenvalue weighted by Gasteiger charge is -2.22. The summed E-state index contributed by atoms with van der Waals surface area (Å²) in [5.41, 5.74) is -1.91. The van der Waals surface area contributed by atoms with Crippen LogP contribution in [0.3, 0.4) is 0 Å². The number of nitrogens with zero attached hydrogens (tertiary/aromatic N) is 1. The minimum atomic E-state index is -1.31. The van der Waals surface area contributed by atoms with Crippen LogP contribution in [0.4, 0.5) is 0 Å². The largest absolute Gasteiger partial charge is 0.477 e. The third kappa shape index (κ3) is 2.65. The Hall–Kier alpha value is -2.38. The maximum Gasteiger partial charge on any atom is 0.354 e. The van der Waals surface area contributed by atoms with Crippen molar-refractivity contribution in [3.63, 3.8) is 0 Å². The van der Waals surface area contributed by atoms with Crippen LogP contribution < -0.4 is 5.32 Å². The summed E-state index contributed by atoms with van der Waals surface area (Å²) in [6.45, 7) is 2.87. The topological polar surface area (TPSA) is 121 Å². The third-order valence-electron chi connectivity index (χ3n) is 2.19. The first-order valence-electron chi connectivity index (χ1n) is 4.97. The van der Waals surface area contributed by atoms with E-state index in [1.165, 1.54) is 21.0 Å². The van der Waals surface area contributed by atoms with Crippen molar-refractivity contribution >= 4 is 17.8 Å². The average molecular weight is 255 g/mol. The zero-order valence-corrected chi connectivity index (χ0v) is 10.1. The lowest BCUT2D eigenvalue weighted by atomic mass is 10.1. The molecule has 0 radical (unpaired) electrons. The van der Waals surface area contributed by atoms with Gasteiger partial charge in [0.15, 0.2) is 11.4 Å². The molecule has 0 saturated heterocycles. The van der Waals surface area contributed by atoms with Crippen molar-refractivity contribution < 1.29 is 24.2 Å². The van der Waals surface area contributed by atoms with E-state index in [4.69, 9.17) is 5.11 Å². The van der Waals surface area contributed by atoms with E-state index in [2.05, 4.69) is 20.0 Å². The second-order valence-corrected chi connectivity index (χ2v) is 4.00. The molecule has 1 rings (SSSR count). The van der Waals surface area contributed by atoms with Crippen LogP contribution in [-0.2, 0) is 9.53 Å². The number of hydrogen-bond donors (Lipinski definition) is 3. The van der Waals surface area contributed by atoms with Gasteiger partial charge in [0.1, 0.15) is 5.54 Å².